The van der Waals surface area contributed by atoms with Crippen molar-refractivity contribution in [3.8, 4) is 5.75 Å². The molecule has 1 amide bonds. The largest absolute Gasteiger partial charge is 0.487 e. The molecule has 4 aliphatic rings. The number of hydrogen-bond donors (Lipinski definition) is 1. The highest BCUT2D eigenvalue weighted by Gasteiger charge is 2.38. The summed E-state index contributed by atoms with van der Waals surface area (Å²) in [5, 5.41) is 3.59. The van der Waals surface area contributed by atoms with Crippen molar-refractivity contribution in [2.45, 2.75) is 44.4 Å². The maximum absolute atomic E-state index is 11.8. The van der Waals surface area contributed by atoms with E-state index in [9.17, 15) is 4.79 Å². The van der Waals surface area contributed by atoms with Gasteiger partial charge in [0.05, 0.1) is 24.5 Å². The van der Waals surface area contributed by atoms with E-state index >= 15 is 0 Å². The lowest BCUT2D eigenvalue weighted by Crippen LogP contribution is -2.63. The van der Waals surface area contributed by atoms with Crippen LogP contribution in [-0.4, -0.2) is 78.7 Å². The Hall–Kier alpha value is -3.10. The number of benzene rings is 1. The van der Waals surface area contributed by atoms with Gasteiger partial charge in [0.2, 0.25) is 5.91 Å². The van der Waals surface area contributed by atoms with Gasteiger partial charge in [0.25, 0.3) is 0 Å². The van der Waals surface area contributed by atoms with E-state index in [4.69, 9.17) is 9.47 Å². The summed E-state index contributed by atoms with van der Waals surface area (Å²) in [5.74, 6) is 2.30. The third kappa shape index (κ3) is 4.33. The summed E-state index contributed by atoms with van der Waals surface area (Å²) in [6, 6.07) is 9.63. The normalized spacial score (nSPS) is 24.5. The maximum Gasteiger partial charge on any atom is 0.246 e. The van der Waals surface area contributed by atoms with Crippen LogP contribution in [0.25, 0.3) is 0 Å². The lowest BCUT2D eigenvalue weighted by molar-refractivity contribution is -0.134. The molecule has 4 aliphatic heterocycles. The van der Waals surface area contributed by atoms with Crippen molar-refractivity contribution < 1.29 is 14.3 Å². The third-order valence-corrected chi connectivity index (χ3v) is 8.23. The van der Waals surface area contributed by atoms with Crippen molar-refractivity contribution in [1.82, 2.24) is 14.8 Å². The Bertz CT molecular complexity index is 1140. The quantitative estimate of drug-likeness (QED) is 0.659. The third-order valence-electron chi connectivity index (χ3n) is 8.23. The fourth-order valence-corrected chi connectivity index (χ4v) is 6.14. The van der Waals surface area contributed by atoms with Crippen LogP contribution >= 0.6 is 0 Å². The molecule has 6 rings (SSSR count). The molecule has 8 nitrogen and oxygen atoms in total. The molecular formula is C28H35N5O3. The number of likely N-dealkylation sites (tertiary alicyclic amines) is 2. The monoisotopic (exact) mass is 489 g/mol. The first-order valence-corrected chi connectivity index (χ1v) is 13.1. The number of carbonyl (C=O) groups excluding carboxylic acids is 1. The van der Waals surface area contributed by atoms with Crippen molar-refractivity contribution >= 4 is 23.1 Å². The average Bonchev–Trinajstić information content (AvgIpc) is 3.07. The highest BCUT2D eigenvalue weighted by atomic mass is 16.5. The summed E-state index contributed by atoms with van der Waals surface area (Å²) >= 11 is 0. The molecule has 0 radical (unpaired) electrons. The fourth-order valence-electron chi connectivity index (χ4n) is 6.14. The van der Waals surface area contributed by atoms with Crippen molar-refractivity contribution in [3.63, 3.8) is 0 Å². The molecule has 0 unspecified atom stereocenters. The van der Waals surface area contributed by atoms with Crippen molar-refractivity contribution in [1.29, 1.82) is 0 Å². The number of anilines is 3. The minimum atomic E-state index is 0.0432. The summed E-state index contributed by atoms with van der Waals surface area (Å²) in [6.45, 7) is 12.4. The second kappa shape index (κ2) is 9.75. The first-order chi connectivity index (χ1) is 17.6. The van der Waals surface area contributed by atoms with Crippen LogP contribution in [0.5, 0.6) is 5.75 Å². The summed E-state index contributed by atoms with van der Waals surface area (Å²) in [5.41, 5.74) is 4.62. The summed E-state index contributed by atoms with van der Waals surface area (Å²) in [7, 11) is 0. The number of aromatic nitrogens is 1. The highest BCUT2D eigenvalue weighted by molar-refractivity contribution is 5.87. The molecule has 3 fully saturated rings. The van der Waals surface area contributed by atoms with Crippen LogP contribution in [0.1, 0.15) is 36.8 Å². The number of rotatable bonds is 4. The molecule has 0 bridgehead atoms. The Morgan fingerprint density at radius 3 is 2.81 bits per heavy atom. The van der Waals surface area contributed by atoms with Gasteiger partial charge in [0, 0.05) is 50.1 Å². The van der Waals surface area contributed by atoms with Gasteiger partial charge < -0.3 is 24.6 Å². The van der Waals surface area contributed by atoms with Crippen LogP contribution in [0.4, 0.5) is 17.2 Å². The summed E-state index contributed by atoms with van der Waals surface area (Å²) in [4.78, 5) is 23.3. The van der Waals surface area contributed by atoms with Gasteiger partial charge in [-0.2, -0.15) is 0 Å². The molecule has 190 valence electrons. The second-order valence-corrected chi connectivity index (χ2v) is 10.3. The van der Waals surface area contributed by atoms with E-state index < -0.39 is 0 Å². The predicted molar refractivity (Wildman–Crippen MR) is 140 cm³/mol. The van der Waals surface area contributed by atoms with E-state index in [1.54, 1.807) is 0 Å². The molecular weight excluding hydrogens is 454 g/mol. The standard InChI is InChI=1S/C28H35N5O3/c1-3-27(34)32-16-22(17-32)33-9-7-21(14-19(33)2)20-4-5-26-24(15-20)30-28-23(18-36-26)25(6-8-29-28)31-10-12-35-13-11-31/h3-6,8,15,19,21-22H,1,7,9-14,16-18H2,2H3,(H,29,30)/t19-,21+/m0/s1. The number of carbonyl (C=O) groups is 1. The lowest BCUT2D eigenvalue weighted by atomic mass is 9.84. The minimum absolute atomic E-state index is 0.0432. The first kappa shape index (κ1) is 23.3. The lowest BCUT2D eigenvalue weighted by Gasteiger charge is -2.50. The van der Waals surface area contributed by atoms with E-state index in [0.717, 1.165) is 81.6 Å². The topological polar surface area (TPSA) is 70.2 Å². The second-order valence-electron chi connectivity index (χ2n) is 10.3. The Balaban J connectivity index is 1.15. The number of piperidine rings is 1. The first-order valence-electron chi connectivity index (χ1n) is 13.1. The molecule has 8 heteroatoms. The zero-order valence-corrected chi connectivity index (χ0v) is 21.0. The van der Waals surface area contributed by atoms with Crippen molar-refractivity contribution in [2.75, 3.05) is 56.2 Å². The molecule has 1 N–H and O–H groups in total. The van der Waals surface area contributed by atoms with Gasteiger partial charge in [-0.25, -0.2) is 4.98 Å². The minimum Gasteiger partial charge on any atom is -0.487 e. The summed E-state index contributed by atoms with van der Waals surface area (Å²) in [6.07, 6.45) is 5.53. The van der Waals surface area contributed by atoms with E-state index in [-0.39, 0.29) is 5.91 Å². The Morgan fingerprint density at radius 1 is 1.19 bits per heavy atom. The van der Waals surface area contributed by atoms with Crippen LogP contribution in [0, 0.1) is 0 Å². The molecule has 2 atom stereocenters. The smallest absolute Gasteiger partial charge is 0.246 e. The SMILES string of the molecule is C=CC(=O)N1CC(N2CC[C@@H](c3ccc4c(c3)Nc3nccc(N5CCOCC5)c3CO4)C[C@@H]2C)C1. The van der Waals surface area contributed by atoms with E-state index in [1.807, 2.05) is 11.1 Å². The predicted octanol–water partition coefficient (Wildman–Crippen LogP) is 3.52. The highest BCUT2D eigenvalue weighted by Crippen LogP contribution is 2.41. The number of nitrogens with zero attached hydrogens (tertiary/aromatic N) is 4. The molecule has 0 spiro atoms. The number of pyridine rings is 1. The molecule has 0 aliphatic carbocycles. The molecule has 5 heterocycles. The van der Waals surface area contributed by atoms with Gasteiger partial charge in [0.15, 0.2) is 0 Å². The molecule has 3 saturated heterocycles. The number of hydrogen-bond acceptors (Lipinski definition) is 7. The molecule has 1 aromatic carbocycles. The molecule has 36 heavy (non-hydrogen) atoms. The zero-order valence-electron chi connectivity index (χ0n) is 21.0. The Morgan fingerprint density at radius 2 is 2.03 bits per heavy atom. The fraction of sp³-hybridized carbons (Fsp3) is 0.500. The number of amides is 1. The Kier molecular flexibility index (Phi) is 6.31. The van der Waals surface area contributed by atoms with Crippen molar-refractivity contribution in [2.24, 2.45) is 0 Å². The van der Waals surface area contributed by atoms with Gasteiger partial charge in [-0.1, -0.05) is 12.6 Å². The van der Waals surface area contributed by atoms with Crippen LogP contribution in [0.3, 0.4) is 0 Å². The number of nitrogens with one attached hydrogen (secondary N) is 1. The summed E-state index contributed by atoms with van der Waals surface area (Å²) < 4.78 is 11.8. The maximum atomic E-state index is 11.8. The van der Waals surface area contributed by atoms with E-state index in [1.165, 1.54) is 17.3 Å². The van der Waals surface area contributed by atoms with Gasteiger partial charge >= 0.3 is 0 Å². The number of morpholine rings is 1. The number of fused-ring (bicyclic) bond motifs is 2. The van der Waals surface area contributed by atoms with Crippen LogP contribution in [-0.2, 0) is 16.1 Å². The van der Waals surface area contributed by atoms with Crippen LogP contribution in [0.2, 0.25) is 0 Å². The average molecular weight is 490 g/mol. The zero-order chi connectivity index (χ0) is 24.6. The van der Waals surface area contributed by atoms with Gasteiger partial charge in [0.1, 0.15) is 18.2 Å². The van der Waals surface area contributed by atoms with Gasteiger partial charge in [-0.15, -0.1) is 0 Å². The number of ether oxygens (including phenoxy) is 2. The van der Waals surface area contributed by atoms with Gasteiger partial charge in [-0.3, -0.25) is 9.69 Å². The molecule has 1 aromatic heterocycles. The molecule has 2 aromatic rings. The van der Waals surface area contributed by atoms with E-state index in [0.29, 0.717) is 24.6 Å². The van der Waals surface area contributed by atoms with Crippen LogP contribution < -0.4 is 15.0 Å². The van der Waals surface area contributed by atoms with E-state index in [2.05, 4.69) is 57.9 Å². The van der Waals surface area contributed by atoms with Crippen molar-refractivity contribution in [3.05, 3.63) is 54.2 Å². The Labute approximate surface area is 212 Å². The molecule has 0 saturated carbocycles. The van der Waals surface area contributed by atoms with Crippen LogP contribution in [0.15, 0.2) is 43.1 Å². The van der Waals surface area contributed by atoms with Gasteiger partial charge in [-0.05, 0) is 62.1 Å².